The zero-order valence-corrected chi connectivity index (χ0v) is 15.4. The van der Waals surface area contributed by atoms with Crippen molar-refractivity contribution in [3.63, 3.8) is 0 Å². The summed E-state index contributed by atoms with van der Waals surface area (Å²) < 4.78 is 44.6. The SMILES string of the molecule is FC(F)(F)c1ccc2nc(-c3nc(-c4cccnc4)nc(-c4ncccn4)n3)oc2c1. The monoisotopic (exact) mass is 421 g/mol. The minimum Gasteiger partial charge on any atom is -0.434 e. The van der Waals surface area contributed by atoms with Crippen molar-refractivity contribution in [2.24, 2.45) is 0 Å². The predicted octanol–water partition coefficient (Wildman–Crippen LogP) is 4.22. The van der Waals surface area contributed by atoms with Gasteiger partial charge in [-0.05, 0) is 36.4 Å². The Balaban J connectivity index is 1.68. The van der Waals surface area contributed by atoms with E-state index in [1.54, 1.807) is 30.6 Å². The normalized spacial score (nSPS) is 11.7. The van der Waals surface area contributed by atoms with Crippen LogP contribution in [0.25, 0.3) is 45.9 Å². The number of fused-ring (bicyclic) bond motifs is 1. The molecular weight excluding hydrogens is 411 g/mol. The molecule has 0 aliphatic heterocycles. The van der Waals surface area contributed by atoms with Crippen molar-refractivity contribution in [1.82, 2.24) is 34.9 Å². The van der Waals surface area contributed by atoms with Crippen molar-refractivity contribution in [3.05, 3.63) is 66.7 Å². The van der Waals surface area contributed by atoms with Gasteiger partial charge in [0, 0.05) is 30.4 Å². The summed E-state index contributed by atoms with van der Waals surface area (Å²) in [7, 11) is 0. The van der Waals surface area contributed by atoms with Crippen LogP contribution in [0.1, 0.15) is 5.56 Å². The van der Waals surface area contributed by atoms with E-state index in [0.717, 1.165) is 12.1 Å². The maximum atomic E-state index is 13.0. The number of nitrogens with zero attached hydrogens (tertiary/aromatic N) is 7. The molecule has 0 unspecified atom stereocenters. The second kappa shape index (κ2) is 7.20. The molecule has 0 atom stereocenters. The minimum atomic E-state index is -4.50. The number of benzene rings is 1. The predicted molar refractivity (Wildman–Crippen MR) is 102 cm³/mol. The molecule has 0 aliphatic rings. The van der Waals surface area contributed by atoms with Gasteiger partial charge < -0.3 is 4.42 Å². The van der Waals surface area contributed by atoms with E-state index in [0.29, 0.717) is 5.56 Å². The maximum absolute atomic E-state index is 13.0. The van der Waals surface area contributed by atoms with Gasteiger partial charge >= 0.3 is 6.18 Å². The number of hydrogen-bond donors (Lipinski definition) is 0. The van der Waals surface area contributed by atoms with Crippen LogP contribution in [0.5, 0.6) is 0 Å². The van der Waals surface area contributed by atoms with Gasteiger partial charge in [0.2, 0.25) is 11.6 Å². The molecule has 0 saturated heterocycles. The molecule has 5 rings (SSSR count). The topological polar surface area (TPSA) is 103 Å². The van der Waals surface area contributed by atoms with Gasteiger partial charge in [-0.1, -0.05) is 0 Å². The summed E-state index contributed by atoms with van der Waals surface area (Å²) in [6.07, 6.45) is 1.74. The molecule has 8 nitrogen and oxygen atoms in total. The van der Waals surface area contributed by atoms with Crippen molar-refractivity contribution >= 4 is 11.1 Å². The van der Waals surface area contributed by atoms with E-state index in [1.807, 2.05) is 0 Å². The molecule has 0 saturated carbocycles. The van der Waals surface area contributed by atoms with Crippen molar-refractivity contribution < 1.29 is 17.6 Å². The van der Waals surface area contributed by atoms with Crippen LogP contribution in [0.4, 0.5) is 13.2 Å². The molecule has 4 aromatic heterocycles. The fraction of sp³-hybridized carbons (Fsp3) is 0.0500. The standard InChI is InChI=1S/C20H10F3N7O/c21-20(22,23)12-4-5-13-14(9-12)31-19(27-13)18-29-15(11-3-1-6-24-10-11)28-17(30-18)16-25-7-2-8-26-16/h1-10H. The highest BCUT2D eigenvalue weighted by Crippen LogP contribution is 2.33. The molecule has 0 amide bonds. The summed E-state index contributed by atoms with van der Waals surface area (Å²) in [4.78, 5) is 29.7. The fourth-order valence-electron chi connectivity index (χ4n) is 2.81. The van der Waals surface area contributed by atoms with E-state index in [2.05, 4.69) is 34.9 Å². The van der Waals surface area contributed by atoms with Crippen molar-refractivity contribution in [3.8, 4) is 34.8 Å². The third-order valence-electron chi connectivity index (χ3n) is 4.23. The van der Waals surface area contributed by atoms with Crippen LogP contribution in [0.2, 0.25) is 0 Å². The molecule has 0 N–H and O–H groups in total. The molecular formula is C20H10F3N7O. The lowest BCUT2D eigenvalue weighted by Gasteiger charge is -2.05. The highest BCUT2D eigenvalue weighted by Gasteiger charge is 2.31. The van der Waals surface area contributed by atoms with E-state index >= 15 is 0 Å². The van der Waals surface area contributed by atoms with Gasteiger partial charge in [0.25, 0.3) is 5.89 Å². The second-order valence-electron chi connectivity index (χ2n) is 6.32. The lowest BCUT2D eigenvalue weighted by atomic mass is 10.2. The first-order valence-corrected chi connectivity index (χ1v) is 8.89. The third-order valence-corrected chi connectivity index (χ3v) is 4.23. The Hall–Kier alpha value is -4.28. The van der Waals surface area contributed by atoms with E-state index < -0.39 is 11.7 Å². The van der Waals surface area contributed by atoms with Crippen molar-refractivity contribution in [2.45, 2.75) is 6.18 Å². The molecule has 0 fully saturated rings. The molecule has 0 aliphatic carbocycles. The molecule has 31 heavy (non-hydrogen) atoms. The van der Waals surface area contributed by atoms with Crippen LogP contribution in [-0.2, 0) is 6.18 Å². The van der Waals surface area contributed by atoms with E-state index in [-0.39, 0.29) is 40.3 Å². The Morgan fingerprint density at radius 2 is 1.52 bits per heavy atom. The highest BCUT2D eigenvalue weighted by atomic mass is 19.4. The summed E-state index contributed by atoms with van der Waals surface area (Å²) in [5.41, 5.74) is -0.0407. The average Bonchev–Trinajstić information content (AvgIpc) is 3.23. The Bertz CT molecular complexity index is 1310. The van der Waals surface area contributed by atoms with Gasteiger partial charge in [-0.15, -0.1) is 0 Å². The second-order valence-corrected chi connectivity index (χ2v) is 6.32. The first kappa shape index (κ1) is 18.7. The molecule has 5 aromatic rings. The Morgan fingerprint density at radius 1 is 0.742 bits per heavy atom. The number of rotatable bonds is 3. The number of pyridine rings is 1. The zero-order chi connectivity index (χ0) is 21.4. The molecule has 4 heterocycles. The molecule has 152 valence electrons. The minimum absolute atomic E-state index is 0.0288. The Morgan fingerprint density at radius 3 is 2.26 bits per heavy atom. The van der Waals surface area contributed by atoms with E-state index in [1.165, 1.54) is 18.5 Å². The molecule has 0 spiro atoms. The van der Waals surface area contributed by atoms with Gasteiger partial charge in [-0.25, -0.2) is 29.9 Å². The molecule has 1 aromatic carbocycles. The Labute approximate surface area is 171 Å². The van der Waals surface area contributed by atoms with E-state index in [4.69, 9.17) is 4.42 Å². The van der Waals surface area contributed by atoms with Crippen LogP contribution >= 0.6 is 0 Å². The van der Waals surface area contributed by atoms with Crippen molar-refractivity contribution in [2.75, 3.05) is 0 Å². The van der Waals surface area contributed by atoms with Crippen LogP contribution in [-0.4, -0.2) is 34.9 Å². The highest BCUT2D eigenvalue weighted by molar-refractivity contribution is 5.76. The summed E-state index contributed by atoms with van der Waals surface area (Å²) in [6, 6.07) is 8.17. The largest absolute Gasteiger partial charge is 0.434 e. The quantitative estimate of drug-likeness (QED) is 0.427. The van der Waals surface area contributed by atoms with Crippen LogP contribution in [0, 0.1) is 0 Å². The lowest BCUT2D eigenvalue weighted by Crippen LogP contribution is -2.03. The molecule has 0 bridgehead atoms. The molecule has 0 radical (unpaired) electrons. The number of alkyl halides is 3. The first-order chi connectivity index (χ1) is 15.0. The number of aromatic nitrogens is 7. The summed E-state index contributed by atoms with van der Waals surface area (Å²) in [6.45, 7) is 0. The average molecular weight is 421 g/mol. The van der Waals surface area contributed by atoms with Crippen LogP contribution in [0.15, 0.2) is 65.6 Å². The van der Waals surface area contributed by atoms with Gasteiger partial charge in [-0.3, -0.25) is 4.98 Å². The summed E-state index contributed by atoms with van der Waals surface area (Å²) >= 11 is 0. The Kier molecular flexibility index (Phi) is 4.35. The number of oxazole rings is 1. The van der Waals surface area contributed by atoms with E-state index in [9.17, 15) is 13.2 Å². The fourth-order valence-corrected chi connectivity index (χ4v) is 2.81. The molecule has 11 heteroatoms. The number of hydrogen-bond acceptors (Lipinski definition) is 8. The lowest BCUT2D eigenvalue weighted by molar-refractivity contribution is -0.137. The van der Waals surface area contributed by atoms with Gasteiger partial charge in [0.15, 0.2) is 17.2 Å². The smallest absolute Gasteiger partial charge is 0.416 e. The van der Waals surface area contributed by atoms with Gasteiger partial charge in [0.1, 0.15) is 5.52 Å². The van der Waals surface area contributed by atoms with Crippen LogP contribution < -0.4 is 0 Å². The third kappa shape index (κ3) is 3.68. The van der Waals surface area contributed by atoms with Gasteiger partial charge in [0.05, 0.1) is 5.56 Å². The number of halogens is 3. The van der Waals surface area contributed by atoms with Gasteiger partial charge in [-0.2, -0.15) is 13.2 Å². The summed E-state index contributed by atoms with van der Waals surface area (Å²) in [5, 5.41) is 0. The maximum Gasteiger partial charge on any atom is 0.416 e. The zero-order valence-electron chi connectivity index (χ0n) is 15.4. The van der Waals surface area contributed by atoms with Crippen LogP contribution in [0.3, 0.4) is 0 Å². The van der Waals surface area contributed by atoms with Crippen molar-refractivity contribution in [1.29, 1.82) is 0 Å². The first-order valence-electron chi connectivity index (χ1n) is 8.89. The summed E-state index contributed by atoms with van der Waals surface area (Å²) in [5.74, 6) is 0.633.